The molecular formula is C11H13NO2. The van der Waals surface area contributed by atoms with Gasteiger partial charge in [-0.3, -0.25) is 9.78 Å². The number of ether oxygens (including phenoxy) is 1. The predicted octanol–water partition coefficient (Wildman–Crippen LogP) is 2.00. The van der Waals surface area contributed by atoms with Gasteiger partial charge in [0.25, 0.3) is 0 Å². The van der Waals surface area contributed by atoms with E-state index >= 15 is 0 Å². The fourth-order valence-electron chi connectivity index (χ4n) is 1.12. The van der Waals surface area contributed by atoms with Gasteiger partial charge in [0, 0.05) is 0 Å². The quantitative estimate of drug-likeness (QED) is 0.686. The number of esters is 1. The van der Waals surface area contributed by atoms with Crippen LogP contribution >= 0.6 is 0 Å². The zero-order valence-corrected chi connectivity index (χ0v) is 8.36. The second kappa shape index (κ2) is 4.56. The first kappa shape index (κ1) is 10.4. The summed E-state index contributed by atoms with van der Waals surface area (Å²) in [5.74, 6) is -0.612. The Morgan fingerprint density at radius 2 is 2.36 bits per heavy atom. The van der Waals surface area contributed by atoms with Crippen molar-refractivity contribution in [2.45, 2.75) is 12.8 Å². The molecule has 0 saturated carbocycles. The largest absolute Gasteiger partial charge is 0.469 e. The van der Waals surface area contributed by atoms with Crippen molar-refractivity contribution in [3.8, 4) is 0 Å². The van der Waals surface area contributed by atoms with E-state index < -0.39 is 0 Å². The Morgan fingerprint density at radius 3 is 2.93 bits per heavy atom. The van der Waals surface area contributed by atoms with E-state index in [1.54, 1.807) is 19.1 Å². The lowest BCUT2D eigenvalue weighted by molar-refractivity contribution is -0.142. The minimum Gasteiger partial charge on any atom is -0.469 e. The Labute approximate surface area is 83.4 Å². The number of aromatic nitrogens is 1. The maximum atomic E-state index is 11.2. The van der Waals surface area contributed by atoms with Crippen molar-refractivity contribution < 1.29 is 9.53 Å². The number of hydrogen-bond donors (Lipinski definition) is 0. The third-order valence-corrected chi connectivity index (χ3v) is 2.00. The third kappa shape index (κ3) is 2.19. The smallest absolute Gasteiger partial charge is 0.314 e. The molecule has 0 radical (unpaired) electrons. The molecule has 1 aromatic rings. The number of carbonyl (C=O) groups excluding carboxylic acids is 1. The van der Waals surface area contributed by atoms with Gasteiger partial charge in [0.05, 0.1) is 24.4 Å². The normalized spacial score (nSPS) is 11.9. The molecule has 1 rings (SSSR count). The minimum atomic E-state index is -0.333. The number of carbonyl (C=O) groups is 1. The van der Waals surface area contributed by atoms with E-state index in [0.717, 1.165) is 5.69 Å². The summed E-state index contributed by atoms with van der Waals surface area (Å²) in [6.07, 6.45) is 1.65. The Bertz CT molecular complexity index is 347. The van der Waals surface area contributed by atoms with E-state index in [-0.39, 0.29) is 11.9 Å². The summed E-state index contributed by atoms with van der Waals surface area (Å²) < 4.78 is 4.64. The van der Waals surface area contributed by atoms with Gasteiger partial charge in [-0.25, -0.2) is 0 Å². The Kier molecular flexibility index (Phi) is 3.40. The molecule has 1 heterocycles. The van der Waals surface area contributed by atoms with Crippen molar-refractivity contribution in [3.05, 3.63) is 36.2 Å². The van der Waals surface area contributed by atoms with Gasteiger partial charge >= 0.3 is 5.97 Å². The van der Waals surface area contributed by atoms with E-state index in [0.29, 0.717) is 5.69 Å². The van der Waals surface area contributed by atoms with Crippen LogP contribution in [0, 0.1) is 0 Å². The summed E-state index contributed by atoms with van der Waals surface area (Å²) in [7, 11) is 1.37. The molecule has 3 nitrogen and oxygen atoms in total. The SMILES string of the molecule is C=Cc1cccc(C(C)C(=O)OC)n1. The molecule has 0 bridgehead atoms. The van der Waals surface area contributed by atoms with E-state index in [2.05, 4.69) is 16.3 Å². The van der Waals surface area contributed by atoms with Gasteiger partial charge in [0.1, 0.15) is 0 Å². The summed E-state index contributed by atoms with van der Waals surface area (Å²) in [4.78, 5) is 15.5. The van der Waals surface area contributed by atoms with Gasteiger partial charge in [0.15, 0.2) is 0 Å². The Hall–Kier alpha value is -1.64. The molecule has 0 spiro atoms. The van der Waals surface area contributed by atoms with Crippen LogP contribution in [0.2, 0.25) is 0 Å². The average Bonchev–Trinajstić information content (AvgIpc) is 2.27. The Balaban J connectivity index is 2.94. The molecule has 0 amide bonds. The first-order valence-electron chi connectivity index (χ1n) is 4.36. The van der Waals surface area contributed by atoms with E-state index in [1.165, 1.54) is 7.11 Å². The van der Waals surface area contributed by atoms with Crippen LogP contribution < -0.4 is 0 Å². The molecule has 1 aromatic heterocycles. The number of nitrogens with zero attached hydrogens (tertiary/aromatic N) is 1. The molecule has 0 saturated heterocycles. The van der Waals surface area contributed by atoms with Gasteiger partial charge in [-0.2, -0.15) is 0 Å². The highest BCUT2D eigenvalue weighted by atomic mass is 16.5. The zero-order valence-electron chi connectivity index (χ0n) is 8.36. The zero-order chi connectivity index (χ0) is 10.6. The van der Waals surface area contributed by atoms with Crippen LogP contribution in [0.4, 0.5) is 0 Å². The van der Waals surface area contributed by atoms with Crippen molar-refractivity contribution in [3.63, 3.8) is 0 Å². The molecule has 0 N–H and O–H groups in total. The van der Waals surface area contributed by atoms with Crippen molar-refractivity contribution in [2.24, 2.45) is 0 Å². The summed E-state index contributed by atoms with van der Waals surface area (Å²) in [6.45, 7) is 5.38. The van der Waals surface area contributed by atoms with Gasteiger partial charge in [-0.1, -0.05) is 12.6 Å². The van der Waals surface area contributed by atoms with E-state index in [9.17, 15) is 4.79 Å². The fourth-order valence-corrected chi connectivity index (χ4v) is 1.12. The van der Waals surface area contributed by atoms with Gasteiger partial charge in [-0.15, -0.1) is 0 Å². The molecule has 3 heteroatoms. The van der Waals surface area contributed by atoms with Crippen LogP contribution in [0.3, 0.4) is 0 Å². The van der Waals surface area contributed by atoms with E-state index in [1.807, 2.05) is 12.1 Å². The first-order valence-corrected chi connectivity index (χ1v) is 4.36. The molecule has 0 fully saturated rings. The van der Waals surface area contributed by atoms with Crippen molar-refractivity contribution in [1.29, 1.82) is 0 Å². The molecule has 14 heavy (non-hydrogen) atoms. The van der Waals surface area contributed by atoms with Crippen LogP contribution in [0.25, 0.3) is 6.08 Å². The molecular weight excluding hydrogens is 178 g/mol. The second-order valence-electron chi connectivity index (χ2n) is 2.94. The average molecular weight is 191 g/mol. The number of pyridine rings is 1. The molecule has 0 aliphatic carbocycles. The highest BCUT2D eigenvalue weighted by Gasteiger charge is 2.16. The standard InChI is InChI=1S/C11H13NO2/c1-4-9-6-5-7-10(12-9)8(2)11(13)14-3/h4-8H,1H2,2-3H3. The molecule has 74 valence electrons. The van der Waals surface area contributed by atoms with Crippen molar-refractivity contribution >= 4 is 12.0 Å². The van der Waals surface area contributed by atoms with Crippen LogP contribution in [-0.2, 0) is 9.53 Å². The van der Waals surface area contributed by atoms with Gasteiger partial charge in [0.2, 0.25) is 0 Å². The summed E-state index contributed by atoms with van der Waals surface area (Å²) in [6, 6.07) is 5.48. The number of hydrogen-bond acceptors (Lipinski definition) is 3. The number of rotatable bonds is 3. The first-order chi connectivity index (χ1) is 6.69. The summed E-state index contributed by atoms with van der Waals surface area (Å²) in [5.41, 5.74) is 1.47. The third-order valence-electron chi connectivity index (χ3n) is 2.00. The highest BCUT2D eigenvalue weighted by molar-refractivity contribution is 5.76. The lowest BCUT2D eigenvalue weighted by atomic mass is 10.1. The monoisotopic (exact) mass is 191 g/mol. The molecule has 0 aliphatic rings. The second-order valence-corrected chi connectivity index (χ2v) is 2.94. The van der Waals surface area contributed by atoms with Crippen LogP contribution in [0.1, 0.15) is 24.2 Å². The number of methoxy groups -OCH3 is 1. The van der Waals surface area contributed by atoms with E-state index in [4.69, 9.17) is 0 Å². The highest BCUT2D eigenvalue weighted by Crippen LogP contribution is 2.14. The maximum absolute atomic E-state index is 11.2. The Morgan fingerprint density at radius 1 is 1.64 bits per heavy atom. The molecule has 0 aromatic carbocycles. The van der Waals surface area contributed by atoms with Crippen molar-refractivity contribution in [1.82, 2.24) is 4.98 Å². The lowest BCUT2D eigenvalue weighted by Gasteiger charge is -2.08. The predicted molar refractivity (Wildman–Crippen MR) is 54.8 cm³/mol. The molecule has 1 unspecified atom stereocenters. The lowest BCUT2D eigenvalue weighted by Crippen LogP contribution is -2.12. The van der Waals surface area contributed by atoms with Gasteiger partial charge < -0.3 is 4.74 Å². The van der Waals surface area contributed by atoms with Crippen LogP contribution in [0.5, 0.6) is 0 Å². The van der Waals surface area contributed by atoms with Crippen LogP contribution in [0.15, 0.2) is 24.8 Å². The maximum Gasteiger partial charge on any atom is 0.314 e. The van der Waals surface area contributed by atoms with Gasteiger partial charge in [-0.05, 0) is 25.1 Å². The molecule has 0 aliphatic heterocycles. The summed E-state index contributed by atoms with van der Waals surface area (Å²) in [5, 5.41) is 0. The summed E-state index contributed by atoms with van der Waals surface area (Å²) >= 11 is 0. The molecule has 1 atom stereocenters. The van der Waals surface area contributed by atoms with Crippen LogP contribution in [-0.4, -0.2) is 18.1 Å². The minimum absolute atomic E-state index is 0.279. The van der Waals surface area contributed by atoms with Crippen molar-refractivity contribution in [2.75, 3.05) is 7.11 Å². The fraction of sp³-hybridized carbons (Fsp3) is 0.273. The topological polar surface area (TPSA) is 39.2 Å².